The number of carboxylic acid groups (broad SMARTS) is 8. The van der Waals surface area contributed by atoms with Gasteiger partial charge >= 0.3 is 39.7 Å². The van der Waals surface area contributed by atoms with Crippen molar-refractivity contribution in [1.29, 1.82) is 0 Å². The zero-order valence-corrected chi connectivity index (χ0v) is 107. The average Bonchev–Trinajstić information content (AvgIpc) is 1.64. The molecule has 41 nitrogen and oxygen atoms in total. The van der Waals surface area contributed by atoms with Crippen molar-refractivity contribution in [3.8, 4) is 10.6 Å². The van der Waals surface area contributed by atoms with Crippen LogP contribution < -0.4 is 36.3 Å². The topological polar surface area (TPSA) is 597 Å². The van der Waals surface area contributed by atoms with Crippen LogP contribution in [0.5, 0.6) is 0 Å². The minimum absolute atomic E-state index is 0. The third kappa shape index (κ3) is 33.0. The largest absolute Gasteiger partial charge is 0.665 e. The summed E-state index contributed by atoms with van der Waals surface area (Å²) in [5.74, 6) is -3.29. The number of fused-ring (bicyclic) bond motifs is 8. The predicted octanol–water partition coefficient (Wildman–Crippen LogP) is 9.51. The molecular weight excluding hydrogens is 2700 g/mol. The number of carbonyl (C=O) groups excluding carboxylic acids is 1. The summed E-state index contributed by atoms with van der Waals surface area (Å²) in [7, 11) is 3.73. The van der Waals surface area contributed by atoms with E-state index in [0.29, 0.717) is 81.9 Å². The molecule has 24 heterocycles. The van der Waals surface area contributed by atoms with E-state index in [-0.39, 0.29) is 196 Å². The summed E-state index contributed by atoms with van der Waals surface area (Å²) >= 11 is 23.2. The number of aliphatic imine (C=N–C) groups is 5. The Labute approximate surface area is 1060 Å². The minimum Gasteiger partial charge on any atom is -0.665 e. The first-order valence-corrected chi connectivity index (χ1v) is 55.1. The molecule has 14 aromatic rings. The Morgan fingerprint density at radius 2 is 0.967 bits per heavy atom. The molecule has 0 amide bonds. The third-order valence-electron chi connectivity index (χ3n) is 18.9. The van der Waals surface area contributed by atoms with Gasteiger partial charge in [0.05, 0.1) is 34.8 Å². The molecule has 0 aliphatic carbocycles. The predicted molar refractivity (Wildman–Crippen MR) is 565 cm³/mol. The maximum Gasteiger partial charge on any atom is 0.362 e. The monoisotopic (exact) mass is 2760 g/mol. The number of aromatic nitrogens is 16. The van der Waals surface area contributed by atoms with E-state index < -0.39 is 96.1 Å². The molecule has 150 heavy (non-hydrogen) atoms. The molecule has 8 unspecified atom stereocenters. The Balaban J connectivity index is 0.000000188. The van der Waals surface area contributed by atoms with Crippen LogP contribution in [0.25, 0.3) is 114 Å². The van der Waals surface area contributed by atoms with Gasteiger partial charge in [-0.05, 0) is 62.2 Å². The van der Waals surface area contributed by atoms with Gasteiger partial charge in [0.1, 0.15) is 67.7 Å². The summed E-state index contributed by atoms with van der Waals surface area (Å²) in [5.41, 5.74) is 6.43. The Morgan fingerprint density at radius 1 is 0.467 bits per heavy atom. The van der Waals surface area contributed by atoms with Crippen molar-refractivity contribution in [2.75, 3.05) is 46.0 Å². The van der Waals surface area contributed by atoms with Gasteiger partial charge in [-0.3, -0.25) is 59.3 Å². The summed E-state index contributed by atoms with van der Waals surface area (Å²) < 4.78 is 13.7. The fourth-order valence-corrected chi connectivity index (χ4v) is 28.5. The number of thiazole rings is 8. The van der Waals surface area contributed by atoms with Gasteiger partial charge in [-0.25, -0.2) is 101 Å². The number of thioether (sulfide) groups is 8. The van der Waals surface area contributed by atoms with Gasteiger partial charge in [-0.1, -0.05) is 72.6 Å². The van der Waals surface area contributed by atoms with Crippen molar-refractivity contribution in [3.63, 3.8) is 0 Å². The Kier molecular flexibility index (Phi) is 51.3. The normalized spacial score (nSPS) is 19.2. The zero-order chi connectivity index (χ0) is 102. The van der Waals surface area contributed by atoms with Gasteiger partial charge < -0.3 is 81.1 Å². The van der Waals surface area contributed by atoms with E-state index in [4.69, 9.17) is 45.6 Å². The van der Waals surface area contributed by atoms with E-state index >= 15 is 0 Å². The number of carbonyl (C=O) groups is 9. The van der Waals surface area contributed by atoms with E-state index in [0.717, 1.165) is 126 Å². The SMILES string of the molecule is C=C.C=O.C=[n+]1[c-]ccc2[n-]c(=C3[N-]C(C(=O)O)CS3)[s+]c21.C=[n+]1c[c-]cc2sc(=C3[N-]C(C(=O)O)CS3)nc21.C=[n+]1ccc2nc(=C3[N-]C(C(=O)O)CS3)sc2c1.O=C(O)C1CSC(c2nc3cc[c-]nc3s2)=N1.O=C(O)C1CSC(c2nc3ccncc3s2)=N1.O=C(O)C1CSC(c2nc3cn[c-]cc3s2)=N1.O=C(O)C1CSC(c2nc3nc[c-]cc3s2)=N1.[CH2-][n+]1[c-]cc2[s+]c(C3=NC(C(=O)O)CS3)nc-2[cH-]1.[Y].[Y].[Y].[Y].[Y].[Y]. The van der Waals surface area contributed by atoms with Crippen LogP contribution in [0.2, 0.25) is 0 Å². The molecule has 0 spiro atoms. The van der Waals surface area contributed by atoms with Gasteiger partial charge in [0, 0.05) is 260 Å². The minimum atomic E-state index is -0.890. The van der Waals surface area contributed by atoms with Gasteiger partial charge in [0.15, 0.2) is 53.8 Å². The second-order valence-corrected chi connectivity index (χ2v) is 44.8. The van der Waals surface area contributed by atoms with Crippen LogP contribution in [-0.2, 0) is 239 Å². The molecule has 6 radical (unpaired) electrons. The summed E-state index contributed by atoms with van der Waals surface area (Å²) in [6.45, 7) is 19.4. The molecule has 3 fully saturated rings. The molecule has 0 bridgehead atoms. The number of rotatable bonds is 13. The standard InChI is InChI=1S/C11H8N3O2S2.C11H9N3O2S2.2C11H8N3O2S2.C10H6N3O2S2.C10H7N3O2S2.2C10H6N3O2S2.C2H4.CH2O.6Y/c1-14-3-2-8-6(4-14)12-10(18-8)9-13-7(5-17-9)11(15)16;1-14-3-2-6-8(4-14)18-10(12-6)9-13-7(5-17-9)11(15)16;1-14-4-2-3-7-8(14)13-10(18-7)9-12-6(5-17-9)11(15)16;1-14-4-2-3-6-10(14)18-9(12-6)8-13-7(5-17-8)11(15)16;14-10(15)6-4-16-8(13-6)9-12-5-3-11-2-1-7(5)17-9;14-10(15)6-4-16-8(13-6)9-12-5-1-2-11-3-7(5)17-9;14-10(15)5-4-16-8(12-5)9-13-7-6(17-9)2-1-3-11-7;14-10(15)6-4-16-8(13-6)9-12-5-2-1-3-11-7(5)17-9;2*1-2;;;;;;/h2,4,7H,1,5H2,(H,15,16);2-4,7H,1,5H2,(H,15,16);3-4,6H,1,5H2,(H,15,16);2-3,7H,1,5H2,(H,15,16);1,3,6H,4H2,(H,14,15);1-3,6H,4H2,(H,14,15);2-3,5H,4H2,(H,14,15);1-2,6H,4H2,(H,14,15);1-2H2;1H2;;;;;;/q-1;;3*-1;;2*-1;;;;;;;;. The zero-order valence-electron chi connectivity index (χ0n) is 76.6. The van der Waals surface area contributed by atoms with Crippen LogP contribution in [0.15, 0.2) is 148 Å². The number of hydrogen-bond acceptors (Lipinski definition) is 39. The smallest absolute Gasteiger partial charge is 0.362 e. The first-order chi connectivity index (χ1) is 69.5. The molecule has 10 aliphatic heterocycles. The molecule has 3 saturated heterocycles. The Hall–Kier alpha value is -6.25. The summed E-state index contributed by atoms with van der Waals surface area (Å²) in [4.78, 5) is 169. The van der Waals surface area contributed by atoms with Crippen molar-refractivity contribution in [2.45, 2.75) is 48.3 Å². The van der Waals surface area contributed by atoms with E-state index in [1.165, 1.54) is 185 Å². The van der Waals surface area contributed by atoms with Gasteiger partial charge in [-0.2, -0.15) is 44.3 Å². The Bertz CT molecular complexity index is 7510. The first kappa shape index (κ1) is 127. The summed E-state index contributed by atoms with van der Waals surface area (Å²) in [6, 6.07) is 18.8. The summed E-state index contributed by atoms with van der Waals surface area (Å²) in [6.07, 6.45) is 25.2. The Morgan fingerprint density at radius 3 is 1.49 bits per heavy atom. The van der Waals surface area contributed by atoms with Crippen LogP contribution in [0.3, 0.4) is 0 Å². The molecule has 8 atom stereocenters. The fraction of sp³-hybridized carbons (Fsp3) is 0.184. The number of aliphatic carboxylic acids is 8. The van der Waals surface area contributed by atoms with Gasteiger partial charge in [0.25, 0.3) is 23.6 Å². The van der Waals surface area contributed by atoms with Crippen molar-refractivity contribution in [3.05, 3.63) is 242 Å². The maximum absolute atomic E-state index is 10.8. The van der Waals surface area contributed by atoms with Crippen LogP contribution in [-0.4, -0.2) is 270 Å². The molecule has 8 N–H and O–H groups in total. The summed E-state index contributed by atoms with van der Waals surface area (Å²) in [5, 5.41) is 93.0. The fourth-order valence-electron chi connectivity index (χ4n) is 12.2. The molecule has 0 saturated carbocycles. The van der Waals surface area contributed by atoms with E-state index in [2.05, 4.69) is 178 Å². The third-order valence-corrected chi connectivity index (χ3v) is 36.5. The van der Waals surface area contributed by atoms with Crippen molar-refractivity contribution < 1.29 is 298 Å². The maximum atomic E-state index is 10.8. The van der Waals surface area contributed by atoms with Gasteiger partial charge in [-0.15, -0.1) is 149 Å². The second kappa shape index (κ2) is 60.5. The van der Waals surface area contributed by atoms with Crippen LogP contribution in [0, 0.1) is 64.1 Å². The number of pyridine rings is 8. The molecule has 24 rings (SSSR count). The molecule has 754 valence electrons. The second-order valence-electron chi connectivity index (χ2n) is 28.6. The number of nitrogens with zero attached hydrogens (tertiary/aromatic N) is 24. The van der Waals surface area contributed by atoms with Crippen molar-refractivity contribution >= 4 is 352 Å². The quantitative estimate of drug-likeness (QED) is 0.0230. The number of hydrogen-bond donors (Lipinski definition) is 8. The van der Waals surface area contributed by atoms with Crippen LogP contribution in [0.1, 0.15) is 25.0 Å². The van der Waals surface area contributed by atoms with Crippen LogP contribution in [0.4, 0.5) is 0 Å². The van der Waals surface area contributed by atoms with Gasteiger partial charge in [0.2, 0.25) is 32.2 Å². The van der Waals surface area contributed by atoms with E-state index in [9.17, 15) is 38.4 Å². The van der Waals surface area contributed by atoms with Crippen molar-refractivity contribution in [2.24, 2.45) is 25.0 Å². The number of carboxylic acids is 8. The molecular formula is C87H64N24O17S16Y6-6. The van der Waals surface area contributed by atoms with Crippen LogP contribution >= 0.6 is 185 Å². The molecule has 14 aromatic heterocycles. The molecule has 0 aromatic carbocycles. The molecule has 63 heteroatoms. The van der Waals surface area contributed by atoms with E-state index in [1.54, 1.807) is 72.7 Å². The first-order valence-electron chi connectivity index (χ1n) is 40.7. The van der Waals surface area contributed by atoms with E-state index in [1.807, 2.05) is 61.6 Å². The average molecular weight is 2760 g/mol. The molecule has 10 aliphatic rings. The van der Waals surface area contributed by atoms with Crippen molar-refractivity contribution in [1.82, 2.24) is 59.8 Å².